The Morgan fingerprint density at radius 3 is 2.62 bits per heavy atom. The Labute approximate surface area is 130 Å². The molecular formula is C17H13BrO3. The van der Waals surface area contributed by atoms with Crippen LogP contribution >= 0.6 is 15.9 Å². The van der Waals surface area contributed by atoms with Gasteiger partial charge in [-0.2, -0.15) is 0 Å². The molecule has 0 radical (unpaired) electrons. The van der Waals surface area contributed by atoms with Gasteiger partial charge in [-0.3, -0.25) is 0 Å². The van der Waals surface area contributed by atoms with Crippen molar-refractivity contribution in [3.63, 3.8) is 0 Å². The average molecular weight is 345 g/mol. The molecule has 0 saturated heterocycles. The van der Waals surface area contributed by atoms with Crippen LogP contribution < -0.4 is 10.4 Å². The van der Waals surface area contributed by atoms with E-state index in [1.165, 1.54) is 6.07 Å². The number of rotatable bonds is 3. The summed E-state index contributed by atoms with van der Waals surface area (Å²) in [4.78, 5) is 11.6. The second-order valence-electron chi connectivity index (χ2n) is 4.83. The summed E-state index contributed by atoms with van der Waals surface area (Å²) in [6, 6.07) is 14.8. The van der Waals surface area contributed by atoms with E-state index in [1.807, 2.05) is 49.4 Å². The van der Waals surface area contributed by atoms with Crippen molar-refractivity contribution in [3.05, 3.63) is 74.6 Å². The number of aryl methyl sites for hydroxylation is 1. The number of ether oxygens (including phenoxy) is 1. The van der Waals surface area contributed by atoms with Crippen molar-refractivity contribution < 1.29 is 9.15 Å². The van der Waals surface area contributed by atoms with Crippen LogP contribution in [0.5, 0.6) is 5.75 Å². The molecule has 106 valence electrons. The number of halogens is 1. The Bertz CT molecular complexity index is 835. The molecule has 0 aliphatic heterocycles. The number of benzene rings is 2. The van der Waals surface area contributed by atoms with Gasteiger partial charge >= 0.3 is 5.63 Å². The summed E-state index contributed by atoms with van der Waals surface area (Å²) in [5.41, 5.74) is 2.16. The first kappa shape index (κ1) is 13.9. The third-order valence-electron chi connectivity index (χ3n) is 3.19. The Hall–Kier alpha value is -2.07. The average Bonchev–Trinajstić information content (AvgIpc) is 2.47. The van der Waals surface area contributed by atoms with E-state index < -0.39 is 0 Å². The zero-order chi connectivity index (χ0) is 14.8. The summed E-state index contributed by atoms with van der Waals surface area (Å²) >= 11 is 3.38. The Morgan fingerprint density at radius 1 is 1.10 bits per heavy atom. The molecule has 3 rings (SSSR count). The van der Waals surface area contributed by atoms with E-state index in [9.17, 15) is 4.79 Å². The minimum Gasteiger partial charge on any atom is -0.489 e. The summed E-state index contributed by atoms with van der Waals surface area (Å²) < 4.78 is 12.0. The minimum atomic E-state index is -0.360. The molecule has 1 heterocycles. The zero-order valence-electron chi connectivity index (χ0n) is 11.4. The van der Waals surface area contributed by atoms with Crippen LogP contribution in [0.4, 0.5) is 0 Å². The highest BCUT2D eigenvalue weighted by atomic mass is 79.9. The SMILES string of the molecule is Cc1ccc2oc(=O)cc(COc3ccc(Br)cc3)c2c1. The highest BCUT2D eigenvalue weighted by molar-refractivity contribution is 9.10. The van der Waals surface area contributed by atoms with Gasteiger partial charge in [-0.05, 0) is 43.3 Å². The molecule has 3 nitrogen and oxygen atoms in total. The maximum Gasteiger partial charge on any atom is 0.336 e. The molecule has 0 N–H and O–H groups in total. The van der Waals surface area contributed by atoms with Gasteiger partial charge in [0.1, 0.15) is 17.9 Å². The monoisotopic (exact) mass is 344 g/mol. The van der Waals surface area contributed by atoms with Gasteiger partial charge in [-0.25, -0.2) is 4.79 Å². The third kappa shape index (κ3) is 3.16. The molecule has 0 fully saturated rings. The molecule has 0 unspecified atom stereocenters. The predicted molar refractivity (Wildman–Crippen MR) is 85.7 cm³/mol. The fraction of sp³-hybridized carbons (Fsp3) is 0.118. The fourth-order valence-corrected chi connectivity index (χ4v) is 2.42. The topological polar surface area (TPSA) is 39.4 Å². The Kier molecular flexibility index (Phi) is 3.80. The molecule has 0 atom stereocenters. The van der Waals surface area contributed by atoms with Gasteiger partial charge in [0.25, 0.3) is 0 Å². The maximum atomic E-state index is 11.6. The lowest BCUT2D eigenvalue weighted by atomic mass is 10.1. The van der Waals surface area contributed by atoms with Crippen LogP contribution in [-0.2, 0) is 6.61 Å². The van der Waals surface area contributed by atoms with Crippen molar-refractivity contribution >= 4 is 26.9 Å². The van der Waals surface area contributed by atoms with Gasteiger partial charge in [-0.1, -0.05) is 27.6 Å². The second kappa shape index (κ2) is 5.74. The standard InChI is InChI=1S/C17H13BrO3/c1-11-2-7-16-15(8-11)12(9-17(19)21-16)10-20-14-5-3-13(18)4-6-14/h2-9H,10H2,1H3. The molecule has 0 aliphatic rings. The van der Waals surface area contributed by atoms with Crippen LogP contribution in [0.2, 0.25) is 0 Å². The van der Waals surface area contributed by atoms with E-state index in [-0.39, 0.29) is 5.63 Å². The molecule has 0 amide bonds. The first-order chi connectivity index (χ1) is 10.1. The van der Waals surface area contributed by atoms with Crippen molar-refractivity contribution in [3.8, 4) is 5.75 Å². The molecule has 3 aromatic rings. The normalized spacial score (nSPS) is 10.8. The van der Waals surface area contributed by atoms with Crippen molar-refractivity contribution in [2.75, 3.05) is 0 Å². The van der Waals surface area contributed by atoms with Crippen LogP contribution in [0.1, 0.15) is 11.1 Å². The van der Waals surface area contributed by atoms with Crippen molar-refractivity contribution in [2.24, 2.45) is 0 Å². The van der Waals surface area contributed by atoms with Gasteiger partial charge in [0.05, 0.1) is 0 Å². The summed E-state index contributed by atoms with van der Waals surface area (Å²) in [7, 11) is 0. The third-order valence-corrected chi connectivity index (χ3v) is 3.72. The van der Waals surface area contributed by atoms with Gasteiger partial charge in [-0.15, -0.1) is 0 Å². The molecule has 0 saturated carbocycles. The first-order valence-corrected chi connectivity index (χ1v) is 7.33. The lowest BCUT2D eigenvalue weighted by Crippen LogP contribution is -2.04. The smallest absolute Gasteiger partial charge is 0.336 e. The van der Waals surface area contributed by atoms with E-state index in [0.29, 0.717) is 12.2 Å². The number of hydrogen-bond acceptors (Lipinski definition) is 3. The number of fused-ring (bicyclic) bond motifs is 1. The van der Waals surface area contributed by atoms with E-state index in [0.717, 1.165) is 26.7 Å². The first-order valence-electron chi connectivity index (χ1n) is 6.53. The summed E-state index contributed by atoms with van der Waals surface area (Å²) in [6.07, 6.45) is 0. The molecular weight excluding hydrogens is 332 g/mol. The second-order valence-corrected chi connectivity index (χ2v) is 5.75. The van der Waals surface area contributed by atoms with E-state index in [2.05, 4.69) is 15.9 Å². The van der Waals surface area contributed by atoms with E-state index >= 15 is 0 Å². The van der Waals surface area contributed by atoms with Crippen molar-refractivity contribution in [1.29, 1.82) is 0 Å². The van der Waals surface area contributed by atoms with Gasteiger partial charge in [0, 0.05) is 21.5 Å². The van der Waals surface area contributed by atoms with Crippen LogP contribution in [-0.4, -0.2) is 0 Å². The summed E-state index contributed by atoms with van der Waals surface area (Å²) in [5, 5.41) is 0.909. The quantitative estimate of drug-likeness (QED) is 0.659. The van der Waals surface area contributed by atoms with E-state index in [1.54, 1.807) is 0 Å². The van der Waals surface area contributed by atoms with Crippen LogP contribution in [0.25, 0.3) is 11.0 Å². The molecule has 21 heavy (non-hydrogen) atoms. The molecule has 2 aromatic carbocycles. The maximum absolute atomic E-state index is 11.6. The van der Waals surface area contributed by atoms with Gasteiger partial charge < -0.3 is 9.15 Å². The van der Waals surface area contributed by atoms with Crippen LogP contribution in [0.15, 0.2) is 62.2 Å². The fourth-order valence-electron chi connectivity index (χ4n) is 2.15. The van der Waals surface area contributed by atoms with Gasteiger partial charge in [0.2, 0.25) is 0 Å². The van der Waals surface area contributed by atoms with Crippen LogP contribution in [0.3, 0.4) is 0 Å². The molecule has 0 bridgehead atoms. The highest BCUT2D eigenvalue weighted by Gasteiger charge is 2.07. The lowest BCUT2D eigenvalue weighted by Gasteiger charge is -2.09. The lowest BCUT2D eigenvalue weighted by molar-refractivity contribution is 0.306. The van der Waals surface area contributed by atoms with E-state index in [4.69, 9.17) is 9.15 Å². The highest BCUT2D eigenvalue weighted by Crippen LogP contribution is 2.21. The van der Waals surface area contributed by atoms with Crippen molar-refractivity contribution in [1.82, 2.24) is 0 Å². The largest absolute Gasteiger partial charge is 0.489 e. The molecule has 1 aromatic heterocycles. The predicted octanol–water partition coefficient (Wildman–Crippen LogP) is 4.44. The zero-order valence-corrected chi connectivity index (χ0v) is 13.0. The summed E-state index contributed by atoms with van der Waals surface area (Å²) in [6.45, 7) is 2.33. The summed E-state index contributed by atoms with van der Waals surface area (Å²) in [5.74, 6) is 0.757. The molecule has 0 spiro atoms. The van der Waals surface area contributed by atoms with Crippen LogP contribution in [0, 0.1) is 6.92 Å². The Morgan fingerprint density at radius 2 is 1.86 bits per heavy atom. The molecule has 4 heteroatoms. The molecule has 0 aliphatic carbocycles. The Balaban J connectivity index is 1.94. The minimum absolute atomic E-state index is 0.327. The van der Waals surface area contributed by atoms with Gasteiger partial charge in [0.15, 0.2) is 0 Å². The number of hydrogen-bond donors (Lipinski definition) is 0. The van der Waals surface area contributed by atoms with Crippen molar-refractivity contribution in [2.45, 2.75) is 13.5 Å².